The summed E-state index contributed by atoms with van der Waals surface area (Å²) in [6.07, 6.45) is 6.34. The normalized spacial score (nSPS) is 12.7. The molecule has 32 heavy (non-hydrogen) atoms. The maximum atomic E-state index is 2.51. The van der Waals surface area contributed by atoms with Crippen molar-refractivity contribution < 1.29 is 25.8 Å². The molecule has 0 aliphatic heterocycles. The fraction of sp³-hybridized carbons (Fsp3) is 0.387. The van der Waals surface area contributed by atoms with Crippen molar-refractivity contribution in [3.63, 3.8) is 0 Å². The molecule has 0 saturated heterocycles. The molecule has 1 aliphatic carbocycles. The third kappa shape index (κ3) is 9.12. The van der Waals surface area contributed by atoms with Gasteiger partial charge in [-0.15, -0.1) is 34.5 Å². The van der Waals surface area contributed by atoms with Gasteiger partial charge in [-0.3, -0.25) is 0 Å². The average Bonchev–Trinajstić information content (AvgIpc) is 3.33. The second-order valence-corrected chi connectivity index (χ2v) is 9.33. The van der Waals surface area contributed by atoms with E-state index in [9.17, 15) is 0 Å². The Morgan fingerprint density at radius 3 is 1.78 bits per heavy atom. The third-order valence-corrected chi connectivity index (χ3v) is 6.09. The molecule has 0 radical (unpaired) electrons. The molecule has 0 heterocycles. The first-order valence-corrected chi connectivity index (χ1v) is 10.2. The zero-order chi connectivity index (χ0) is 18.8. The number of benzene rings is 1. The molecular formula is C31H49Hf-7. The average molecular weight is 600 g/mol. The van der Waals surface area contributed by atoms with Crippen molar-refractivity contribution in [1.82, 2.24) is 0 Å². The molecule has 0 bridgehead atoms. The summed E-state index contributed by atoms with van der Waals surface area (Å²) < 4.78 is 0. The maximum absolute atomic E-state index is 2.51. The molecule has 4 rings (SSSR count). The molecule has 3 aromatic rings. The van der Waals surface area contributed by atoms with E-state index in [0.717, 1.165) is 0 Å². The van der Waals surface area contributed by atoms with Gasteiger partial charge in [-0.25, -0.2) is 12.1 Å². The van der Waals surface area contributed by atoms with Crippen molar-refractivity contribution in [2.45, 2.75) is 66.7 Å². The van der Waals surface area contributed by atoms with E-state index in [1.807, 2.05) is 30.3 Å². The summed E-state index contributed by atoms with van der Waals surface area (Å²) in [6.45, 7) is 11.7. The van der Waals surface area contributed by atoms with E-state index in [0.29, 0.717) is 10.8 Å². The predicted octanol–water partition coefficient (Wildman–Crippen LogP) is 9.71. The van der Waals surface area contributed by atoms with Gasteiger partial charge < -0.3 is 37.1 Å². The molecule has 0 aromatic heterocycles. The summed E-state index contributed by atoms with van der Waals surface area (Å²) in [7, 11) is 0. The van der Waals surface area contributed by atoms with Crippen LogP contribution in [0.1, 0.15) is 64.2 Å². The second kappa shape index (κ2) is 15.8. The summed E-state index contributed by atoms with van der Waals surface area (Å²) in [4.78, 5) is 0. The van der Waals surface area contributed by atoms with Gasteiger partial charge in [0.1, 0.15) is 0 Å². The molecule has 184 valence electrons. The van der Waals surface area contributed by atoms with Crippen LogP contribution in [-0.4, -0.2) is 0 Å². The summed E-state index contributed by atoms with van der Waals surface area (Å²) in [5.41, 5.74) is 5.65. The van der Waals surface area contributed by atoms with E-state index in [4.69, 9.17) is 0 Å². The SMILES string of the molecule is CCC1(CC)Cc2cc3cc[c-](CC(C)(C)C)c3cc2C1.[CH3-].[CH3-].[CH3-].[CH3-].[CH3-].[Hf].c1cc[cH-]c1. The molecule has 0 nitrogen and oxygen atoms in total. The Hall–Kier alpha value is -0.950. The molecule has 0 N–H and O–H groups in total. The van der Waals surface area contributed by atoms with E-state index in [1.54, 1.807) is 11.1 Å². The molecule has 0 atom stereocenters. The Kier molecular flexibility index (Phi) is 18.9. The van der Waals surface area contributed by atoms with Crippen molar-refractivity contribution in [2.24, 2.45) is 10.8 Å². The molecular weight excluding hydrogens is 551 g/mol. The summed E-state index contributed by atoms with van der Waals surface area (Å²) in [6, 6.07) is 19.7. The van der Waals surface area contributed by atoms with Crippen LogP contribution >= 0.6 is 0 Å². The molecule has 0 amide bonds. The zero-order valence-corrected chi connectivity index (χ0v) is 26.3. The van der Waals surface area contributed by atoms with Gasteiger partial charge >= 0.3 is 0 Å². The van der Waals surface area contributed by atoms with Crippen LogP contribution < -0.4 is 0 Å². The van der Waals surface area contributed by atoms with E-state index in [-0.39, 0.29) is 63.0 Å². The summed E-state index contributed by atoms with van der Waals surface area (Å²) in [5, 5.41) is 2.96. The first-order valence-electron chi connectivity index (χ1n) is 10.2. The smallest absolute Gasteiger partial charge is 0 e. The second-order valence-electron chi connectivity index (χ2n) is 9.33. The Morgan fingerprint density at radius 2 is 1.38 bits per heavy atom. The van der Waals surface area contributed by atoms with E-state index in [1.165, 1.54) is 48.4 Å². The summed E-state index contributed by atoms with van der Waals surface area (Å²) in [5.74, 6) is 0. The Labute approximate surface area is 221 Å². The molecule has 1 heteroatoms. The van der Waals surface area contributed by atoms with Crippen molar-refractivity contribution in [1.29, 1.82) is 0 Å². The Bertz CT molecular complexity index is 806. The number of rotatable bonds is 3. The monoisotopic (exact) mass is 601 g/mol. The van der Waals surface area contributed by atoms with Gasteiger partial charge in [-0.1, -0.05) is 52.2 Å². The minimum Gasteiger partial charge on any atom is -0.358 e. The minimum absolute atomic E-state index is 0. The van der Waals surface area contributed by atoms with Crippen molar-refractivity contribution >= 4 is 10.8 Å². The zero-order valence-electron chi connectivity index (χ0n) is 22.7. The van der Waals surface area contributed by atoms with Crippen molar-refractivity contribution in [2.75, 3.05) is 0 Å². The van der Waals surface area contributed by atoms with Gasteiger partial charge in [-0.2, -0.15) is 24.3 Å². The van der Waals surface area contributed by atoms with Gasteiger partial charge in [0.2, 0.25) is 0 Å². The van der Waals surface area contributed by atoms with Gasteiger partial charge in [-0.05, 0) is 36.5 Å². The van der Waals surface area contributed by atoms with Crippen LogP contribution in [0.3, 0.4) is 0 Å². The minimum atomic E-state index is 0. The van der Waals surface area contributed by atoms with Crippen molar-refractivity contribution in [3.8, 4) is 0 Å². The van der Waals surface area contributed by atoms with E-state index >= 15 is 0 Å². The maximum Gasteiger partial charge on any atom is 0 e. The van der Waals surface area contributed by atoms with Crippen LogP contribution in [0, 0.1) is 48.0 Å². The van der Waals surface area contributed by atoms with Crippen molar-refractivity contribution in [3.05, 3.63) is 108 Å². The van der Waals surface area contributed by atoms with Gasteiger partial charge in [0.25, 0.3) is 0 Å². The molecule has 3 aromatic carbocycles. The van der Waals surface area contributed by atoms with Crippen LogP contribution in [0.5, 0.6) is 0 Å². The van der Waals surface area contributed by atoms with Gasteiger partial charge in [0.05, 0.1) is 0 Å². The van der Waals surface area contributed by atoms with Crippen LogP contribution in [-0.2, 0) is 45.1 Å². The first kappa shape index (κ1) is 38.3. The quantitative estimate of drug-likeness (QED) is 0.208. The van der Waals surface area contributed by atoms with Gasteiger partial charge in [0.15, 0.2) is 0 Å². The topological polar surface area (TPSA) is 0 Å². The standard InChI is InChI=1S/C21H29.C5H5.5CH3.Hf/c1-6-21(7-2)13-17-10-15-8-9-16(12-20(3,4)5)19(15)11-18(17)14-21;1-2-4-5-3-1;;;;;;/h8-11H,6-7,12-14H2,1-5H3;1-5H;5*1H3;/q7*-1;. The number of hydrogen-bond acceptors (Lipinski definition) is 0. The van der Waals surface area contributed by atoms with E-state index < -0.39 is 0 Å². The molecule has 0 spiro atoms. The van der Waals surface area contributed by atoms with Crippen LogP contribution in [0.15, 0.2) is 54.6 Å². The Balaban J connectivity index is -0.000000319. The Morgan fingerprint density at radius 1 is 0.875 bits per heavy atom. The molecule has 0 saturated carbocycles. The fourth-order valence-electron chi connectivity index (χ4n) is 4.40. The van der Waals surface area contributed by atoms with Crippen LogP contribution in [0.4, 0.5) is 0 Å². The van der Waals surface area contributed by atoms with Gasteiger partial charge in [0, 0.05) is 25.8 Å². The number of fused-ring (bicyclic) bond motifs is 2. The first-order chi connectivity index (χ1) is 12.4. The molecule has 0 unspecified atom stereocenters. The molecule has 0 fully saturated rings. The largest absolute Gasteiger partial charge is 0.358 e. The predicted molar refractivity (Wildman–Crippen MR) is 147 cm³/mol. The third-order valence-electron chi connectivity index (χ3n) is 6.09. The van der Waals surface area contributed by atoms with Crippen LogP contribution in [0.25, 0.3) is 10.8 Å². The number of hydrogen-bond donors (Lipinski definition) is 0. The molecule has 1 aliphatic rings. The fourth-order valence-corrected chi connectivity index (χ4v) is 4.40. The van der Waals surface area contributed by atoms with Crippen LogP contribution in [0.2, 0.25) is 0 Å². The van der Waals surface area contributed by atoms with E-state index in [2.05, 4.69) is 58.9 Å². The summed E-state index contributed by atoms with van der Waals surface area (Å²) >= 11 is 0.